The van der Waals surface area contributed by atoms with Gasteiger partial charge in [-0.25, -0.2) is 4.79 Å². The van der Waals surface area contributed by atoms with Crippen LogP contribution >= 0.6 is 0 Å². The van der Waals surface area contributed by atoms with E-state index in [1.54, 1.807) is 14.2 Å². The van der Waals surface area contributed by atoms with E-state index in [4.69, 9.17) is 14.2 Å². The Bertz CT molecular complexity index is 854. The highest BCUT2D eigenvalue weighted by molar-refractivity contribution is 5.68. The van der Waals surface area contributed by atoms with E-state index in [-0.39, 0.29) is 0 Å². The molecule has 5 heteroatoms. The molecule has 5 nitrogen and oxygen atoms in total. The van der Waals surface area contributed by atoms with E-state index in [2.05, 4.69) is 0 Å². The van der Waals surface area contributed by atoms with Crippen molar-refractivity contribution in [3.8, 4) is 11.5 Å². The first-order chi connectivity index (χ1) is 13.6. The summed E-state index contributed by atoms with van der Waals surface area (Å²) < 4.78 is 16.7. The SMILES string of the molecule is COc1ccc(C(OCC(=O)O)(c2ccccc2)c2ccc(OC)cc2)cc1. The van der Waals surface area contributed by atoms with Gasteiger partial charge in [-0.15, -0.1) is 0 Å². The highest BCUT2D eigenvalue weighted by Gasteiger charge is 2.38. The zero-order valence-corrected chi connectivity index (χ0v) is 15.8. The Morgan fingerprint density at radius 2 is 1.18 bits per heavy atom. The standard InChI is InChI=1S/C23H22O5/c1-26-20-12-8-18(9-13-20)23(28-16-22(24)25,17-6-4-3-5-7-17)19-10-14-21(27-2)15-11-19/h3-15H,16H2,1-2H3,(H,24,25). The Labute approximate surface area is 164 Å². The van der Waals surface area contributed by atoms with E-state index in [0.29, 0.717) is 11.5 Å². The van der Waals surface area contributed by atoms with Crippen LogP contribution in [-0.4, -0.2) is 31.9 Å². The normalized spacial score (nSPS) is 11.1. The van der Waals surface area contributed by atoms with Crippen LogP contribution in [0, 0.1) is 0 Å². The molecule has 28 heavy (non-hydrogen) atoms. The van der Waals surface area contributed by atoms with E-state index in [0.717, 1.165) is 16.7 Å². The molecule has 0 unspecified atom stereocenters. The van der Waals surface area contributed by atoms with E-state index in [9.17, 15) is 9.90 Å². The first-order valence-corrected chi connectivity index (χ1v) is 8.80. The molecule has 3 aromatic rings. The average Bonchev–Trinajstić information content (AvgIpc) is 2.75. The van der Waals surface area contributed by atoms with Crippen molar-refractivity contribution in [3.05, 3.63) is 95.6 Å². The second-order valence-corrected chi connectivity index (χ2v) is 6.19. The summed E-state index contributed by atoms with van der Waals surface area (Å²) in [5, 5.41) is 9.32. The van der Waals surface area contributed by atoms with Crippen molar-refractivity contribution >= 4 is 5.97 Å². The Morgan fingerprint density at radius 3 is 1.57 bits per heavy atom. The van der Waals surface area contributed by atoms with Crippen molar-refractivity contribution in [2.24, 2.45) is 0 Å². The largest absolute Gasteiger partial charge is 0.497 e. The first kappa shape index (κ1) is 19.5. The van der Waals surface area contributed by atoms with Crippen LogP contribution in [0.2, 0.25) is 0 Å². The lowest BCUT2D eigenvalue weighted by Crippen LogP contribution is -2.34. The van der Waals surface area contributed by atoms with Crippen molar-refractivity contribution in [2.75, 3.05) is 20.8 Å². The fourth-order valence-corrected chi connectivity index (χ4v) is 3.24. The van der Waals surface area contributed by atoms with Gasteiger partial charge in [0.05, 0.1) is 14.2 Å². The lowest BCUT2D eigenvalue weighted by molar-refractivity contribution is -0.146. The second kappa shape index (κ2) is 8.59. The number of aliphatic carboxylic acids is 1. The maximum absolute atomic E-state index is 11.4. The third-order valence-electron chi connectivity index (χ3n) is 4.59. The number of rotatable bonds is 8. The number of carboxylic acids is 1. The molecule has 0 aliphatic rings. The topological polar surface area (TPSA) is 65.0 Å². The second-order valence-electron chi connectivity index (χ2n) is 6.19. The minimum atomic E-state index is -1.10. The first-order valence-electron chi connectivity index (χ1n) is 8.80. The monoisotopic (exact) mass is 378 g/mol. The summed E-state index contributed by atoms with van der Waals surface area (Å²) in [6.45, 7) is -0.451. The van der Waals surface area contributed by atoms with Gasteiger partial charge in [0.2, 0.25) is 0 Å². The molecule has 0 aliphatic carbocycles. The van der Waals surface area contributed by atoms with Gasteiger partial charge in [0.15, 0.2) is 0 Å². The number of benzene rings is 3. The smallest absolute Gasteiger partial charge is 0.329 e. The Balaban J connectivity index is 2.24. The van der Waals surface area contributed by atoms with Crippen LogP contribution in [0.15, 0.2) is 78.9 Å². The van der Waals surface area contributed by atoms with Gasteiger partial charge in [0.1, 0.15) is 23.7 Å². The van der Waals surface area contributed by atoms with Gasteiger partial charge >= 0.3 is 5.97 Å². The summed E-state index contributed by atoms with van der Waals surface area (Å²) in [6, 6.07) is 24.5. The molecule has 3 aromatic carbocycles. The quantitative estimate of drug-likeness (QED) is 0.598. The molecule has 0 radical (unpaired) electrons. The van der Waals surface area contributed by atoms with E-state index >= 15 is 0 Å². The van der Waals surface area contributed by atoms with Gasteiger partial charge in [-0.05, 0) is 41.0 Å². The van der Waals surface area contributed by atoms with Crippen molar-refractivity contribution in [3.63, 3.8) is 0 Å². The minimum Gasteiger partial charge on any atom is -0.497 e. The molecule has 3 rings (SSSR count). The number of carbonyl (C=O) groups is 1. The maximum Gasteiger partial charge on any atom is 0.329 e. The lowest BCUT2D eigenvalue weighted by Gasteiger charge is -2.35. The third kappa shape index (κ3) is 3.85. The van der Waals surface area contributed by atoms with Crippen molar-refractivity contribution in [1.82, 2.24) is 0 Å². The van der Waals surface area contributed by atoms with Gasteiger partial charge < -0.3 is 19.3 Å². The van der Waals surface area contributed by atoms with Crippen LogP contribution in [0.4, 0.5) is 0 Å². The van der Waals surface area contributed by atoms with Crippen LogP contribution < -0.4 is 9.47 Å². The number of carboxylic acid groups (broad SMARTS) is 1. The highest BCUT2D eigenvalue weighted by atomic mass is 16.5. The summed E-state index contributed by atoms with van der Waals surface area (Å²) in [5.74, 6) is 0.375. The van der Waals surface area contributed by atoms with Gasteiger partial charge in [-0.1, -0.05) is 54.6 Å². The molecule has 1 N–H and O–H groups in total. The number of methoxy groups -OCH3 is 2. The molecule has 0 heterocycles. The van der Waals surface area contributed by atoms with Crippen LogP contribution in [0.1, 0.15) is 16.7 Å². The predicted octanol–water partition coefficient (Wildman–Crippen LogP) is 4.10. The zero-order chi connectivity index (χ0) is 20.0. The molecular weight excluding hydrogens is 356 g/mol. The summed E-state index contributed by atoms with van der Waals surface area (Å²) in [6.07, 6.45) is 0. The molecule has 0 fully saturated rings. The van der Waals surface area contributed by atoms with Crippen molar-refractivity contribution in [1.29, 1.82) is 0 Å². The minimum absolute atomic E-state index is 0.451. The van der Waals surface area contributed by atoms with Crippen molar-refractivity contribution in [2.45, 2.75) is 5.60 Å². The molecular formula is C23H22O5. The molecule has 0 saturated heterocycles. The Hall–Kier alpha value is -3.31. The third-order valence-corrected chi connectivity index (χ3v) is 4.59. The Kier molecular flexibility index (Phi) is 5.96. The van der Waals surface area contributed by atoms with Crippen LogP contribution in [0.25, 0.3) is 0 Å². The number of ether oxygens (including phenoxy) is 3. The fourth-order valence-electron chi connectivity index (χ4n) is 3.24. The average molecular weight is 378 g/mol. The van der Waals surface area contributed by atoms with Crippen LogP contribution in [0.5, 0.6) is 11.5 Å². The van der Waals surface area contributed by atoms with Gasteiger partial charge in [-0.3, -0.25) is 0 Å². The van der Waals surface area contributed by atoms with Gasteiger partial charge in [-0.2, -0.15) is 0 Å². The lowest BCUT2D eigenvalue weighted by atomic mass is 9.80. The predicted molar refractivity (Wildman–Crippen MR) is 106 cm³/mol. The Morgan fingerprint density at radius 1 is 0.750 bits per heavy atom. The van der Waals surface area contributed by atoms with Crippen molar-refractivity contribution < 1.29 is 24.1 Å². The molecule has 0 atom stereocenters. The molecule has 0 bridgehead atoms. The molecule has 0 spiro atoms. The summed E-state index contributed by atoms with van der Waals surface area (Å²) >= 11 is 0. The van der Waals surface area contributed by atoms with Gasteiger partial charge in [0, 0.05) is 0 Å². The van der Waals surface area contributed by atoms with E-state index in [1.165, 1.54) is 0 Å². The molecule has 0 aromatic heterocycles. The number of hydrogen-bond donors (Lipinski definition) is 1. The summed E-state index contributed by atoms with van der Waals surface area (Å²) in [4.78, 5) is 11.4. The van der Waals surface area contributed by atoms with Crippen LogP contribution in [0.3, 0.4) is 0 Å². The maximum atomic E-state index is 11.4. The molecule has 0 amide bonds. The fraction of sp³-hybridized carbons (Fsp3) is 0.174. The number of hydrogen-bond acceptors (Lipinski definition) is 4. The molecule has 144 valence electrons. The highest BCUT2D eigenvalue weighted by Crippen LogP contribution is 2.41. The summed E-state index contributed by atoms with van der Waals surface area (Å²) in [5.41, 5.74) is 1.32. The van der Waals surface area contributed by atoms with E-state index < -0.39 is 18.2 Å². The molecule has 0 saturated carbocycles. The van der Waals surface area contributed by atoms with E-state index in [1.807, 2.05) is 78.9 Å². The van der Waals surface area contributed by atoms with Crippen LogP contribution in [-0.2, 0) is 15.1 Å². The van der Waals surface area contributed by atoms with Gasteiger partial charge in [0.25, 0.3) is 0 Å². The summed E-state index contributed by atoms with van der Waals surface area (Å²) in [7, 11) is 3.20. The molecule has 0 aliphatic heterocycles. The zero-order valence-electron chi connectivity index (χ0n) is 15.8.